The number of likely N-dealkylation sites (tertiary alicyclic amines) is 1. The van der Waals surface area contributed by atoms with Gasteiger partial charge in [-0.15, -0.1) is 0 Å². The van der Waals surface area contributed by atoms with E-state index in [1.165, 1.54) is 11.1 Å². The van der Waals surface area contributed by atoms with Crippen molar-refractivity contribution < 1.29 is 14.3 Å². The highest BCUT2D eigenvalue weighted by molar-refractivity contribution is 5.81. The van der Waals surface area contributed by atoms with E-state index in [0.717, 1.165) is 18.5 Å². The Kier molecular flexibility index (Phi) is 6.46. The van der Waals surface area contributed by atoms with Crippen molar-refractivity contribution in [2.24, 2.45) is 0 Å². The van der Waals surface area contributed by atoms with Crippen LogP contribution in [0, 0.1) is 13.8 Å². The van der Waals surface area contributed by atoms with Gasteiger partial charge in [0.25, 0.3) is 0 Å². The van der Waals surface area contributed by atoms with Crippen LogP contribution in [0.1, 0.15) is 30.9 Å². The summed E-state index contributed by atoms with van der Waals surface area (Å²) in [6, 6.07) is 6.18. The van der Waals surface area contributed by atoms with Crippen LogP contribution in [0.5, 0.6) is 0 Å². The fourth-order valence-corrected chi connectivity index (χ4v) is 2.73. The van der Waals surface area contributed by atoms with Crippen molar-refractivity contribution in [2.45, 2.75) is 39.7 Å². The molecule has 6 nitrogen and oxygen atoms in total. The van der Waals surface area contributed by atoms with Crippen LogP contribution in [0.15, 0.2) is 18.2 Å². The predicted molar refractivity (Wildman–Crippen MR) is 94.2 cm³/mol. The minimum atomic E-state index is -0.265. The Hall–Kier alpha value is -2.24. The number of piperidine rings is 1. The molecule has 0 spiro atoms. The molecule has 1 saturated heterocycles. The summed E-state index contributed by atoms with van der Waals surface area (Å²) < 4.78 is 4.99. The third kappa shape index (κ3) is 5.15. The average Bonchev–Trinajstić information content (AvgIpc) is 2.57. The lowest BCUT2D eigenvalue weighted by molar-refractivity contribution is -0.120. The van der Waals surface area contributed by atoms with Gasteiger partial charge in [0.15, 0.2) is 0 Å². The van der Waals surface area contributed by atoms with E-state index in [2.05, 4.69) is 24.5 Å². The van der Waals surface area contributed by atoms with Crippen LogP contribution in [-0.2, 0) is 9.53 Å². The molecule has 1 aromatic rings. The Morgan fingerprint density at radius 1 is 1.21 bits per heavy atom. The fourth-order valence-electron chi connectivity index (χ4n) is 2.73. The van der Waals surface area contributed by atoms with Crippen molar-refractivity contribution >= 4 is 17.7 Å². The third-order valence-corrected chi connectivity index (χ3v) is 4.35. The molecule has 0 aromatic heterocycles. The van der Waals surface area contributed by atoms with E-state index in [-0.39, 0.29) is 24.6 Å². The highest BCUT2D eigenvalue weighted by Crippen LogP contribution is 2.14. The van der Waals surface area contributed by atoms with Gasteiger partial charge in [0, 0.05) is 24.8 Å². The number of benzene rings is 1. The van der Waals surface area contributed by atoms with Gasteiger partial charge in [0.05, 0.1) is 13.2 Å². The first kappa shape index (κ1) is 18.1. The number of nitrogens with zero attached hydrogens (tertiary/aromatic N) is 1. The maximum Gasteiger partial charge on any atom is 0.409 e. The summed E-state index contributed by atoms with van der Waals surface area (Å²) in [6.45, 7) is 7.79. The first-order valence-corrected chi connectivity index (χ1v) is 8.51. The minimum absolute atomic E-state index is 0.0252. The highest BCUT2D eigenvalue weighted by Gasteiger charge is 2.24. The third-order valence-electron chi connectivity index (χ3n) is 4.35. The Balaban J connectivity index is 1.71. The molecular formula is C18H27N3O3. The van der Waals surface area contributed by atoms with Crippen LogP contribution < -0.4 is 10.6 Å². The molecule has 132 valence electrons. The Bertz CT molecular complexity index is 581. The number of ether oxygens (including phenoxy) is 1. The number of rotatable bonds is 5. The van der Waals surface area contributed by atoms with E-state index in [1.807, 2.05) is 18.2 Å². The molecule has 0 unspecified atom stereocenters. The monoisotopic (exact) mass is 333 g/mol. The lowest BCUT2D eigenvalue weighted by Crippen LogP contribution is -2.47. The zero-order valence-corrected chi connectivity index (χ0v) is 14.7. The summed E-state index contributed by atoms with van der Waals surface area (Å²) in [6.07, 6.45) is 1.25. The lowest BCUT2D eigenvalue weighted by Gasteiger charge is -2.31. The number of hydrogen-bond donors (Lipinski definition) is 2. The van der Waals surface area contributed by atoms with E-state index in [4.69, 9.17) is 4.74 Å². The molecule has 0 aliphatic carbocycles. The Labute approximate surface area is 143 Å². The number of hydrogen-bond acceptors (Lipinski definition) is 4. The van der Waals surface area contributed by atoms with Crippen molar-refractivity contribution in [1.82, 2.24) is 10.2 Å². The zero-order valence-electron chi connectivity index (χ0n) is 14.7. The van der Waals surface area contributed by atoms with E-state index in [1.54, 1.807) is 11.8 Å². The van der Waals surface area contributed by atoms with Gasteiger partial charge >= 0.3 is 6.09 Å². The van der Waals surface area contributed by atoms with Gasteiger partial charge in [-0.25, -0.2) is 4.79 Å². The van der Waals surface area contributed by atoms with Crippen LogP contribution in [0.4, 0.5) is 10.5 Å². The maximum absolute atomic E-state index is 12.1. The molecular weight excluding hydrogens is 306 g/mol. The van der Waals surface area contributed by atoms with Crippen LogP contribution >= 0.6 is 0 Å². The molecule has 0 bridgehead atoms. The number of aryl methyl sites for hydroxylation is 2. The quantitative estimate of drug-likeness (QED) is 0.868. The summed E-state index contributed by atoms with van der Waals surface area (Å²) in [4.78, 5) is 25.4. The zero-order chi connectivity index (χ0) is 17.5. The van der Waals surface area contributed by atoms with Gasteiger partial charge < -0.3 is 20.3 Å². The number of carbonyl (C=O) groups is 2. The normalized spacial score (nSPS) is 15.0. The standard InChI is InChI=1S/C18H27N3O3/c1-4-24-18(23)21-9-7-15(8-10-21)20-17(22)12-19-16-6-5-13(2)14(3)11-16/h5-6,11,15,19H,4,7-10,12H2,1-3H3,(H,20,22). The summed E-state index contributed by atoms with van der Waals surface area (Å²) in [7, 11) is 0. The Morgan fingerprint density at radius 3 is 2.54 bits per heavy atom. The molecule has 0 atom stereocenters. The van der Waals surface area contributed by atoms with Gasteiger partial charge in [-0.2, -0.15) is 0 Å². The molecule has 1 heterocycles. The van der Waals surface area contributed by atoms with Gasteiger partial charge in [-0.1, -0.05) is 6.07 Å². The van der Waals surface area contributed by atoms with Crippen LogP contribution in [0.2, 0.25) is 0 Å². The van der Waals surface area contributed by atoms with E-state index < -0.39 is 0 Å². The van der Waals surface area contributed by atoms with E-state index >= 15 is 0 Å². The van der Waals surface area contributed by atoms with Crippen LogP contribution in [0.25, 0.3) is 0 Å². The topological polar surface area (TPSA) is 70.7 Å². The summed E-state index contributed by atoms with van der Waals surface area (Å²) >= 11 is 0. The van der Waals surface area contributed by atoms with Gasteiger partial charge in [-0.05, 0) is 56.9 Å². The summed E-state index contributed by atoms with van der Waals surface area (Å²) in [5.74, 6) is -0.0252. The predicted octanol–water partition coefficient (Wildman–Crippen LogP) is 2.45. The maximum atomic E-state index is 12.1. The molecule has 1 aliphatic heterocycles. The van der Waals surface area contributed by atoms with Gasteiger partial charge in [0.1, 0.15) is 0 Å². The second kappa shape index (κ2) is 8.57. The molecule has 24 heavy (non-hydrogen) atoms. The second-order valence-corrected chi connectivity index (χ2v) is 6.18. The van der Waals surface area contributed by atoms with E-state index in [9.17, 15) is 9.59 Å². The van der Waals surface area contributed by atoms with Crippen molar-refractivity contribution in [1.29, 1.82) is 0 Å². The first-order valence-electron chi connectivity index (χ1n) is 8.51. The smallest absolute Gasteiger partial charge is 0.409 e. The SMILES string of the molecule is CCOC(=O)N1CCC(NC(=O)CNc2ccc(C)c(C)c2)CC1. The molecule has 2 rings (SSSR count). The molecule has 0 radical (unpaired) electrons. The van der Waals surface area contributed by atoms with Crippen molar-refractivity contribution in [3.63, 3.8) is 0 Å². The van der Waals surface area contributed by atoms with Crippen LogP contribution in [0.3, 0.4) is 0 Å². The molecule has 1 aliphatic rings. The number of carbonyl (C=O) groups excluding carboxylic acids is 2. The molecule has 6 heteroatoms. The summed E-state index contributed by atoms with van der Waals surface area (Å²) in [5, 5.41) is 6.18. The second-order valence-electron chi connectivity index (χ2n) is 6.18. The lowest BCUT2D eigenvalue weighted by atomic mass is 10.1. The van der Waals surface area contributed by atoms with Crippen molar-refractivity contribution in [2.75, 3.05) is 31.6 Å². The van der Waals surface area contributed by atoms with Crippen molar-refractivity contribution in [3.8, 4) is 0 Å². The largest absolute Gasteiger partial charge is 0.450 e. The molecule has 2 amide bonds. The minimum Gasteiger partial charge on any atom is -0.450 e. The summed E-state index contributed by atoms with van der Waals surface area (Å²) in [5.41, 5.74) is 3.38. The average molecular weight is 333 g/mol. The van der Waals surface area contributed by atoms with Crippen molar-refractivity contribution in [3.05, 3.63) is 29.3 Å². The molecule has 0 saturated carbocycles. The molecule has 2 N–H and O–H groups in total. The van der Waals surface area contributed by atoms with Crippen LogP contribution in [-0.4, -0.2) is 49.2 Å². The molecule has 1 aromatic carbocycles. The fraction of sp³-hybridized carbons (Fsp3) is 0.556. The van der Waals surface area contributed by atoms with Gasteiger partial charge in [0.2, 0.25) is 5.91 Å². The molecule has 1 fully saturated rings. The number of amides is 2. The highest BCUT2D eigenvalue weighted by atomic mass is 16.6. The van der Waals surface area contributed by atoms with E-state index in [0.29, 0.717) is 19.7 Å². The first-order chi connectivity index (χ1) is 11.5. The Morgan fingerprint density at radius 2 is 1.92 bits per heavy atom. The number of nitrogens with one attached hydrogen (secondary N) is 2. The number of anilines is 1. The van der Waals surface area contributed by atoms with Gasteiger partial charge in [-0.3, -0.25) is 4.79 Å².